The zero-order valence-corrected chi connectivity index (χ0v) is 18.7. The van der Waals surface area contributed by atoms with Gasteiger partial charge in [0.15, 0.2) is 0 Å². The highest BCUT2D eigenvalue weighted by atomic mass is 14.1. The first kappa shape index (κ1) is 37.3. The van der Waals surface area contributed by atoms with Crippen LogP contribution in [0.1, 0.15) is 135 Å². The first-order chi connectivity index (χ1) is 9.89. The van der Waals surface area contributed by atoms with Crippen LogP contribution in [0.15, 0.2) is 0 Å². The third kappa shape index (κ3) is 180. The third-order valence-electron chi connectivity index (χ3n) is 1.71. The van der Waals surface area contributed by atoms with Gasteiger partial charge in [0.2, 0.25) is 0 Å². The molecule has 0 heteroatoms. The summed E-state index contributed by atoms with van der Waals surface area (Å²) in [6.45, 7) is 29.7. The van der Waals surface area contributed by atoms with Crippen LogP contribution in [0.4, 0.5) is 0 Å². The summed E-state index contributed by atoms with van der Waals surface area (Å²) in [7, 11) is 0. The van der Waals surface area contributed by atoms with Crippen LogP contribution in [0.3, 0.4) is 0 Å². The molecular formula is C21H54. The van der Waals surface area contributed by atoms with Gasteiger partial charge in [0.05, 0.1) is 0 Å². The second-order valence-corrected chi connectivity index (χ2v) is 5.37. The van der Waals surface area contributed by atoms with Gasteiger partial charge >= 0.3 is 0 Å². The molecule has 0 rings (SSSR count). The maximum atomic E-state index is 2.27. The summed E-state index contributed by atoms with van der Waals surface area (Å²) in [6, 6.07) is 0. The third-order valence-corrected chi connectivity index (χ3v) is 1.71. The van der Waals surface area contributed by atoms with Gasteiger partial charge in [-0.1, -0.05) is 129 Å². The Balaban J connectivity index is -0.0000000355. The van der Waals surface area contributed by atoms with Crippen LogP contribution in [0, 0.1) is 5.41 Å². The summed E-state index contributed by atoms with van der Waals surface area (Å²) < 4.78 is 0. The van der Waals surface area contributed by atoms with E-state index in [4.69, 9.17) is 0 Å². The molecule has 0 amide bonds. The van der Waals surface area contributed by atoms with E-state index in [1.54, 1.807) is 0 Å². The Bertz CT molecular complexity index is 74.5. The zero-order valence-electron chi connectivity index (χ0n) is 18.7. The minimum Gasteiger partial charge on any atom is -0.0683 e. The van der Waals surface area contributed by atoms with Crippen molar-refractivity contribution in [3.05, 3.63) is 0 Å². The molecule has 0 aliphatic heterocycles. The molecule has 0 aliphatic carbocycles. The molecule has 0 aliphatic rings. The largest absolute Gasteiger partial charge is 0.0683 e. The summed E-state index contributed by atoms with van der Waals surface area (Å²) in [5, 5.41) is 0. The first-order valence-corrected chi connectivity index (χ1v) is 9.89. The van der Waals surface area contributed by atoms with Gasteiger partial charge in [0.25, 0.3) is 0 Å². The Hall–Kier alpha value is 0. The molecule has 0 aromatic heterocycles. The molecule has 0 unspecified atom stereocenters. The van der Waals surface area contributed by atoms with Crippen molar-refractivity contribution in [1.82, 2.24) is 0 Å². The van der Waals surface area contributed by atoms with Crippen LogP contribution in [0.5, 0.6) is 0 Å². The number of hydrogen-bond acceptors (Lipinski definition) is 0. The lowest BCUT2D eigenvalue weighted by atomic mass is 9.91. The molecule has 21 heavy (non-hydrogen) atoms. The molecule has 0 nitrogen and oxygen atoms in total. The van der Waals surface area contributed by atoms with Crippen molar-refractivity contribution in [2.45, 2.75) is 135 Å². The average molecular weight is 307 g/mol. The average Bonchev–Trinajstić information content (AvgIpc) is 2.46. The van der Waals surface area contributed by atoms with Gasteiger partial charge in [-0.2, -0.15) is 0 Å². The fraction of sp³-hybridized carbons (Fsp3) is 1.00. The van der Waals surface area contributed by atoms with E-state index < -0.39 is 0 Å². The molecule has 0 N–H and O–H groups in total. The highest BCUT2D eigenvalue weighted by Gasteiger charge is 2.06. The number of rotatable bonds is 3. The summed E-state index contributed by atoms with van der Waals surface area (Å²) in [5.41, 5.74) is 0.550. The minimum atomic E-state index is 0.550. The van der Waals surface area contributed by atoms with Crippen molar-refractivity contribution in [2.75, 3.05) is 0 Å². The lowest BCUT2D eigenvalue weighted by Crippen LogP contribution is -2.02. The molecule has 0 fully saturated rings. The van der Waals surface area contributed by atoms with Crippen molar-refractivity contribution in [1.29, 1.82) is 0 Å². The Kier molecular flexibility index (Phi) is 89.1. The molecule has 0 radical (unpaired) electrons. The first-order valence-electron chi connectivity index (χ1n) is 9.89. The standard InChI is InChI=1S/C7H16.C5H12.C3H8.3C2H6/c1-5-6-7(2,3)4;1-3-5-4-2;1-3-2;3*1-2/h5-6H2,1-4H3;3-5H2,1-2H3;3H2,1-2H3;3*1-2H3. The van der Waals surface area contributed by atoms with E-state index in [-0.39, 0.29) is 0 Å². The molecule has 0 aromatic rings. The summed E-state index contributed by atoms with van der Waals surface area (Å²) in [6.07, 6.45) is 7.98. The van der Waals surface area contributed by atoms with Gasteiger partial charge in [0, 0.05) is 0 Å². The van der Waals surface area contributed by atoms with Crippen LogP contribution in [0.25, 0.3) is 0 Å². The van der Waals surface area contributed by atoms with E-state index in [0.29, 0.717) is 5.41 Å². The lowest BCUT2D eigenvalue weighted by molar-refractivity contribution is 0.373. The fourth-order valence-electron chi connectivity index (χ4n) is 1.10. The molecule has 0 spiro atoms. The predicted octanol–water partition coefficient (Wildman–Crippen LogP) is 9.52. The van der Waals surface area contributed by atoms with Crippen molar-refractivity contribution < 1.29 is 0 Å². The highest BCUT2D eigenvalue weighted by molar-refractivity contribution is 4.58. The van der Waals surface area contributed by atoms with E-state index >= 15 is 0 Å². The van der Waals surface area contributed by atoms with Crippen molar-refractivity contribution >= 4 is 0 Å². The Morgan fingerprint density at radius 3 is 0.762 bits per heavy atom. The van der Waals surface area contributed by atoms with Crippen molar-refractivity contribution in [3.63, 3.8) is 0 Å². The predicted molar refractivity (Wildman–Crippen MR) is 110 cm³/mol. The molecule has 0 aromatic carbocycles. The number of hydrogen-bond donors (Lipinski definition) is 0. The Morgan fingerprint density at radius 1 is 0.524 bits per heavy atom. The van der Waals surface area contributed by atoms with Gasteiger partial charge in [-0.05, 0) is 11.8 Å². The van der Waals surface area contributed by atoms with E-state index in [1.807, 2.05) is 41.5 Å². The molecule has 0 atom stereocenters. The van der Waals surface area contributed by atoms with Crippen molar-refractivity contribution in [2.24, 2.45) is 5.41 Å². The zero-order chi connectivity index (χ0) is 18.7. The summed E-state index contributed by atoms with van der Waals surface area (Å²) in [4.78, 5) is 0. The maximum Gasteiger partial charge on any atom is -0.0383 e. The summed E-state index contributed by atoms with van der Waals surface area (Å²) >= 11 is 0. The molecule has 0 heterocycles. The SMILES string of the molecule is CC.CC.CC.CCC.CCCC(C)(C)C.CCCCC. The van der Waals surface area contributed by atoms with Gasteiger partial charge in [-0.25, -0.2) is 0 Å². The van der Waals surface area contributed by atoms with E-state index in [9.17, 15) is 0 Å². The van der Waals surface area contributed by atoms with Gasteiger partial charge in [-0.3, -0.25) is 0 Å². The normalized spacial score (nSPS) is 7.71. The second-order valence-electron chi connectivity index (χ2n) is 5.37. The topological polar surface area (TPSA) is 0 Å². The van der Waals surface area contributed by atoms with Crippen LogP contribution in [0.2, 0.25) is 0 Å². The quantitative estimate of drug-likeness (QED) is 0.487. The molecule has 0 saturated carbocycles. The lowest BCUT2D eigenvalue weighted by Gasteiger charge is -2.15. The molecule has 0 bridgehead atoms. The Labute approximate surface area is 141 Å². The van der Waals surface area contributed by atoms with E-state index in [2.05, 4.69) is 55.4 Å². The van der Waals surface area contributed by atoms with Crippen LogP contribution in [-0.4, -0.2) is 0 Å². The van der Waals surface area contributed by atoms with E-state index in [1.165, 1.54) is 38.5 Å². The monoisotopic (exact) mass is 306 g/mol. The van der Waals surface area contributed by atoms with Crippen LogP contribution >= 0.6 is 0 Å². The van der Waals surface area contributed by atoms with Crippen LogP contribution in [-0.2, 0) is 0 Å². The molecule has 138 valence electrons. The maximum absolute atomic E-state index is 2.27. The van der Waals surface area contributed by atoms with Gasteiger partial charge in [0.1, 0.15) is 0 Å². The second kappa shape index (κ2) is 50.1. The highest BCUT2D eigenvalue weighted by Crippen LogP contribution is 2.19. The molecule has 0 saturated heterocycles. The number of unbranched alkanes of at least 4 members (excludes halogenated alkanes) is 2. The minimum absolute atomic E-state index is 0.550. The Morgan fingerprint density at radius 2 is 0.762 bits per heavy atom. The smallest absolute Gasteiger partial charge is 0.0383 e. The van der Waals surface area contributed by atoms with Crippen LogP contribution < -0.4 is 0 Å². The fourth-order valence-corrected chi connectivity index (χ4v) is 1.10. The van der Waals surface area contributed by atoms with Gasteiger partial charge in [-0.15, -0.1) is 0 Å². The summed E-state index contributed by atoms with van der Waals surface area (Å²) in [5.74, 6) is 0. The van der Waals surface area contributed by atoms with Crippen molar-refractivity contribution in [3.8, 4) is 0 Å². The van der Waals surface area contributed by atoms with E-state index in [0.717, 1.165) is 0 Å². The van der Waals surface area contributed by atoms with Gasteiger partial charge < -0.3 is 0 Å². The molecular weight excluding hydrogens is 252 g/mol.